The Hall–Kier alpha value is -2.90. The summed E-state index contributed by atoms with van der Waals surface area (Å²) in [5.41, 5.74) is -1.53. The summed E-state index contributed by atoms with van der Waals surface area (Å²) in [6.07, 6.45) is 4.67. The number of carbonyl (C=O) groups is 2. The lowest BCUT2D eigenvalue weighted by molar-refractivity contribution is -0.655. The zero-order valence-corrected chi connectivity index (χ0v) is 22.1. The molecule has 3 heterocycles. The topological polar surface area (TPSA) is 179 Å². The van der Waals surface area contributed by atoms with E-state index in [1.54, 1.807) is 4.57 Å². The smallest absolute Gasteiger partial charge is 0.341 e. The molecule has 0 radical (unpaired) electrons. The van der Waals surface area contributed by atoms with Gasteiger partial charge in [-0.2, -0.15) is 4.98 Å². The van der Waals surface area contributed by atoms with Gasteiger partial charge in [-0.05, 0) is 31.1 Å². The second kappa shape index (κ2) is 9.76. The molecule has 1 saturated heterocycles. The van der Waals surface area contributed by atoms with E-state index >= 15 is 0 Å². The molecule has 3 N–H and O–H groups in total. The zero-order chi connectivity index (χ0) is 27.2. The van der Waals surface area contributed by atoms with Crippen molar-refractivity contribution in [2.24, 2.45) is 16.7 Å². The number of hydrogen-bond acceptors (Lipinski definition) is 9. The van der Waals surface area contributed by atoms with Gasteiger partial charge in [0.15, 0.2) is 0 Å². The standard InChI is InChI=1S/C14H17N5O3.C10H16O4S/c1-2-18-8-10(13(21)22)11(20)9-7-16-14(17-12(9)18)19-5-3-15-4-6-19;1-9(2)7-3-4-10(9,8(11)5-7)6-15(12,13)14/h7-8,15H,2-6H2,1H3,(H,21,22);7H,3-6H2,1-2H3,(H,12,13,14)/t;7-,10-/m.0/s1. The largest absolute Gasteiger partial charge is 0.748 e. The number of nitrogens with two attached hydrogens (primary N) is 1. The Bertz CT molecular complexity index is 1400. The molecule has 202 valence electrons. The molecular formula is C24H33N5O7S. The number of aromatic carboxylic acids is 1. The van der Waals surface area contributed by atoms with Crippen LogP contribution in [0, 0.1) is 16.7 Å². The van der Waals surface area contributed by atoms with Crippen LogP contribution >= 0.6 is 0 Å². The van der Waals surface area contributed by atoms with Gasteiger partial charge >= 0.3 is 5.97 Å². The van der Waals surface area contributed by atoms with Crippen LogP contribution in [0.15, 0.2) is 17.2 Å². The molecule has 2 atom stereocenters. The minimum atomic E-state index is -4.33. The van der Waals surface area contributed by atoms with Crippen molar-refractivity contribution in [1.82, 2.24) is 14.5 Å². The third-order valence-electron chi connectivity index (χ3n) is 8.42. The van der Waals surface area contributed by atoms with Gasteiger partial charge in [-0.15, -0.1) is 0 Å². The Balaban J connectivity index is 0.000000186. The maximum absolute atomic E-state index is 12.2. The summed E-state index contributed by atoms with van der Waals surface area (Å²) in [6, 6.07) is 0. The lowest BCUT2D eigenvalue weighted by Crippen LogP contribution is -2.89. The number of aryl methyl sites for hydroxylation is 1. The van der Waals surface area contributed by atoms with Gasteiger partial charge < -0.3 is 24.4 Å². The fourth-order valence-corrected chi connectivity index (χ4v) is 7.35. The highest BCUT2D eigenvalue weighted by molar-refractivity contribution is 7.85. The Morgan fingerprint density at radius 1 is 1.27 bits per heavy atom. The van der Waals surface area contributed by atoms with Crippen LogP contribution in [0.2, 0.25) is 0 Å². The summed E-state index contributed by atoms with van der Waals surface area (Å²) in [6.45, 7) is 9.93. The number of aromatic nitrogens is 3. The third-order valence-corrected chi connectivity index (χ3v) is 9.27. The molecule has 13 heteroatoms. The molecular weight excluding hydrogens is 502 g/mol. The summed E-state index contributed by atoms with van der Waals surface area (Å²) in [5.74, 6) is -0.924. The highest BCUT2D eigenvalue weighted by atomic mass is 32.2. The number of carbonyl (C=O) groups excluding carboxylic acids is 1. The first kappa shape index (κ1) is 27.1. The van der Waals surface area contributed by atoms with Crippen LogP contribution in [0.5, 0.6) is 0 Å². The number of quaternary nitrogens is 1. The van der Waals surface area contributed by atoms with Crippen molar-refractivity contribution in [2.45, 2.75) is 46.6 Å². The first-order valence-corrected chi connectivity index (χ1v) is 14.1. The van der Waals surface area contributed by atoms with Crippen LogP contribution in [0.25, 0.3) is 11.0 Å². The predicted molar refractivity (Wildman–Crippen MR) is 133 cm³/mol. The average molecular weight is 536 g/mol. The minimum absolute atomic E-state index is 0.0248. The number of hydrogen-bond donors (Lipinski definition) is 2. The summed E-state index contributed by atoms with van der Waals surface area (Å²) >= 11 is 0. The second-order valence-electron chi connectivity index (χ2n) is 10.6. The second-order valence-corrected chi connectivity index (χ2v) is 12.0. The van der Waals surface area contributed by atoms with Gasteiger partial charge in [-0.3, -0.25) is 9.59 Å². The molecule has 2 saturated carbocycles. The molecule has 3 aliphatic rings. The van der Waals surface area contributed by atoms with Crippen molar-refractivity contribution in [3.05, 3.63) is 28.2 Å². The fourth-order valence-electron chi connectivity index (χ4n) is 6.07. The monoisotopic (exact) mass is 535 g/mol. The summed E-state index contributed by atoms with van der Waals surface area (Å²) in [4.78, 5) is 46.1. The van der Waals surface area contributed by atoms with E-state index in [1.807, 2.05) is 20.8 Å². The number of Topliss-reactive ketones (excluding diaryl/α,β-unsaturated/α-hetero) is 1. The van der Waals surface area contributed by atoms with Crippen LogP contribution < -0.4 is 15.6 Å². The Morgan fingerprint density at radius 3 is 2.46 bits per heavy atom. The van der Waals surface area contributed by atoms with E-state index in [0.29, 0.717) is 31.0 Å². The number of piperazine rings is 1. The van der Waals surface area contributed by atoms with Gasteiger partial charge in [-0.25, -0.2) is 18.2 Å². The van der Waals surface area contributed by atoms with Crippen molar-refractivity contribution < 1.29 is 33.0 Å². The van der Waals surface area contributed by atoms with E-state index in [0.717, 1.165) is 32.6 Å². The van der Waals surface area contributed by atoms with E-state index in [2.05, 4.69) is 20.2 Å². The first-order valence-electron chi connectivity index (χ1n) is 12.5. The lowest BCUT2D eigenvalue weighted by Gasteiger charge is -2.37. The van der Waals surface area contributed by atoms with E-state index < -0.39 is 32.7 Å². The molecule has 0 amide bonds. The van der Waals surface area contributed by atoms with Gasteiger partial charge in [0.1, 0.15) is 17.0 Å². The maximum Gasteiger partial charge on any atom is 0.341 e. The van der Waals surface area contributed by atoms with Gasteiger partial charge in [0.25, 0.3) is 0 Å². The van der Waals surface area contributed by atoms with Gasteiger partial charge in [0.05, 0.1) is 47.4 Å². The molecule has 1 aliphatic heterocycles. The molecule has 0 spiro atoms. The van der Waals surface area contributed by atoms with Gasteiger partial charge in [0.2, 0.25) is 11.4 Å². The molecule has 5 rings (SSSR count). The highest BCUT2D eigenvalue weighted by Crippen LogP contribution is 2.64. The quantitative estimate of drug-likeness (QED) is 0.488. The Kier molecular flexibility index (Phi) is 7.16. The van der Waals surface area contributed by atoms with E-state index in [-0.39, 0.29) is 28.1 Å². The number of anilines is 1. The van der Waals surface area contributed by atoms with Crippen molar-refractivity contribution in [2.75, 3.05) is 36.8 Å². The number of fused-ring (bicyclic) bond motifs is 3. The van der Waals surface area contributed by atoms with Crippen molar-refractivity contribution in [3.63, 3.8) is 0 Å². The summed E-state index contributed by atoms with van der Waals surface area (Å²) in [7, 11) is -4.33. The SMILES string of the molecule is CC1(C)[C@H]2CC[C@]1(CS(=O)(=O)[O-])C(=O)C2.CCn1cc(C(=O)O)c(=O)c2cnc(N3CC[NH2+]CC3)nc21. The molecule has 2 bridgehead atoms. The number of nitrogens with zero attached hydrogens (tertiary/aromatic N) is 4. The number of carboxylic acid groups (broad SMARTS) is 1. The number of ketones is 1. The molecule has 2 aromatic rings. The zero-order valence-electron chi connectivity index (χ0n) is 21.3. The number of pyridine rings is 1. The number of carboxylic acids is 1. The van der Waals surface area contributed by atoms with Crippen molar-refractivity contribution in [1.29, 1.82) is 0 Å². The number of rotatable bonds is 5. The van der Waals surface area contributed by atoms with Crippen LogP contribution in [0.4, 0.5) is 5.95 Å². The van der Waals surface area contributed by atoms with Crippen LogP contribution in [-0.2, 0) is 21.5 Å². The summed E-state index contributed by atoms with van der Waals surface area (Å²) < 4.78 is 34.4. The lowest BCUT2D eigenvalue weighted by atomic mass is 9.70. The average Bonchev–Trinajstić information content (AvgIpc) is 3.18. The van der Waals surface area contributed by atoms with Crippen molar-refractivity contribution >= 4 is 38.9 Å². The molecule has 0 aromatic carbocycles. The third kappa shape index (κ3) is 4.87. The molecule has 2 aromatic heterocycles. The minimum Gasteiger partial charge on any atom is -0.748 e. The maximum atomic E-state index is 12.2. The predicted octanol–water partition coefficient (Wildman–Crippen LogP) is -0.180. The molecule has 0 unspecified atom stereocenters. The van der Waals surface area contributed by atoms with Gasteiger partial charge in [-0.1, -0.05) is 13.8 Å². The molecule has 3 fully saturated rings. The fraction of sp³-hybridized carbons (Fsp3) is 0.625. The van der Waals surface area contributed by atoms with Gasteiger partial charge in [0, 0.05) is 30.8 Å². The molecule has 2 aliphatic carbocycles. The normalized spacial score (nSPS) is 24.7. The van der Waals surface area contributed by atoms with Crippen molar-refractivity contribution in [3.8, 4) is 0 Å². The van der Waals surface area contributed by atoms with Crippen LogP contribution in [0.1, 0.15) is 50.4 Å². The van der Waals surface area contributed by atoms with E-state index in [1.165, 1.54) is 12.4 Å². The summed E-state index contributed by atoms with van der Waals surface area (Å²) in [5, 5.41) is 11.6. The molecule has 37 heavy (non-hydrogen) atoms. The Labute approximate surface area is 214 Å². The van der Waals surface area contributed by atoms with E-state index in [4.69, 9.17) is 5.11 Å². The molecule has 12 nitrogen and oxygen atoms in total. The van der Waals surface area contributed by atoms with E-state index in [9.17, 15) is 27.4 Å². The first-order chi connectivity index (χ1) is 17.3. The van der Waals surface area contributed by atoms with Crippen LogP contribution in [0.3, 0.4) is 0 Å². The van der Waals surface area contributed by atoms with Crippen LogP contribution in [-0.4, -0.2) is 76.3 Å². The highest BCUT2D eigenvalue weighted by Gasteiger charge is 2.64. The Morgan fingerprint density at radius 2 is 1.95 bits per heavy atom.